The molecule has 0 amide bonds. The maximum Gasteiger partial charge on any atom is 0.433 e. The number of aliphatic carboxylic acids is 1. The van der Waals surface area contributed by atoms with Gasteiger partial charge in [-0.15, -0.1) is 0 Å². The normalized spacial score (nSPS) is 11.4. The summed E-state index contributed by atoms with van der Waals surface area (Å²) >= 11 is 0. The van der Waals surface area contributed by atoms with Crippen molar-refractivity contribution in [3.63, 3.8) is 0 Å². The van der Waals surface area contributed by atoms with Gasteiger partial charge in [0.15, 0.2) is 12.7 Å². The third kappa shape index (κ3) is 3.94. The molecule has 2 rings (SSSR count). The molecule has 0 spiro atoms. The largest absolute Gasteiger partial charge is 0.550 e. The van der Waals surface area contributed by atoms with E-state index in [4.69, 9.17) is 0 Å². The summed E-state index contributed by atoms with van der Waals surface area (Å²) in [4.78, 5) is 17.2. The summed E-state index contributed by atoms with van der Waals surface area (Å²) < 4.78 is 39.0. The molecule has 0 aliphatic heterocycles. The highest BCUT2D eigenvalue weighted by Gasteiger charge is 2.32. The predicted molar refractivity (Wildman–Crippen MR) is 60.1 cm³/mol. The molecule has 0 aromatic carbocycles. The van der Waals surface area contributed by atoms with Crippen molar-refractivity contribution in [2.45, 2.75) is 19.1 Å². The molecule has 0 aliphatic rings. The van der Waals surface area contributed by atoms with Crippen LogP contribution in [0.15, 0.2) is 30.9 Å². The van der Waals surface area contributed by atoms with Crippen LogP contribution in [-0.2, 0) is 17.5 Å². The average Bonchev–Trinajstić information content (AvgIpc) is 2.45. The number of rotatable bonds is 4. The average molecular weight is 298 g/mol. The van der Waals surface area contributed by atoms with E-state index in [0.29, 0.717) is 5.56 Å². The first-order chi connectivity index (χ1) is 9.86. The van der Waals surface area contributed by atoms with E-state index in [0.717, 1.165) is 12.4 Å². The minimum atomic E-state index is -4.55. The Morgan fingerprint density at radius 2 is 2.10 bits per heavy atom. The molecule has 9 heteroatoms. The fourth-order valence-corrected chi connectivity index (χ4v) is 1.54. The van der Waals surface area contributed by atoms with Crippen LogP contribution in [0.1, 0.15) is 12.1 Å². The van der Waals surface area contributed by atoms with Crippen LogP contribution in [0.4, 0.5) is 13.2 Å². The van der Waals surface area contributed by atoms with Crippen molar-refractivity contribution in [1.82, 2.24) is 15.1 Å². The zero-order chi connectivity index (χ0) is 15.5. The first kappa shape index (κ1) is 14.8. The van der Waals surface area contributed by atoms with E-state index in [1.165, 1.54) is 23.1 Å². The van der Waals surface area contributed by atoms with Crippen LogP contribution in [-0.4, -0.2) is 21.0 Å². The van der Waals surface area contributed by atoms with Crippen LogP contribution >= 0.6 is 0 Å². The van der Waals surface area contributed by atoms with E-state index in [-0.39, 0.29) is 18.7 Å². The molecule has 0 bridgehead atoms. The Hall–Kier alpha value is -2.58. The molecule has 0 aliphatic carbocycles. The maximum atomic E-state index is 12.6. The lowest BCUT2D eigenvalue weighted by Crippen LogP contribution is -2.40. The number of halogens is 3. The minimum Gasteiger partial charge on any atom is -0.550 e. The number of alkyl halides is 3. The standard InChI is InChI=1S/C12H9F3N4O2/c13-12(14,15)10-5-9(16-7-17-10)8-1-3-19(18-6-8)4-2-11(20)21/h1,3,5-7H,2,4H2. The van der Waals surface area contributed by atoms with Crippen molar-refractivity contribution in [1.29, 1.82) is 0 Å². The molecule has 21 heavy (non-hydrogen) atoms. The van der Waals surface area contributed by atoms with Crippen LogP contribution in [0, 0.1) is 0 Å². The van der Waals surface area contributed by atoms with Gasteiger partial charge in [-0.05, 0) is 11.2 Å². The number of carboxylic acids is 1. The smallest absolute Gasteiger partial charge is 0.433 e. The SMILES string of the molecule is O=C([O-])CC[n+]1ccc(-c2cc(C(F)(F)F)ncn2)cn1. The van der Waals surface area contributed by atoms with Crippen molar-refractivity contribution in [2.24, 2.45) is 0 Å². The zero-order valence-electron chi connectivity index (χ0n) is 10.5. The van der Waals surface area contributed by atoms with Gasteiger partial charge in [0, 0.05) is 24.0 Å². The van der Waals surface area contributed by atoms with Gasteiger partial charge in [0.05, 0.1) is 5.69 Å². The number of aryl methyl sites for hydroxylation is 1. The lowest BCUT2D eigenvalue weighted by Gasteiger charge is -2.06. The molecule has 0 radical (unpaired) electrons. The Morgan fingerprint density at radius 1 is 1.33 bits per heavy atom. The van der Waals surface area contributed by atoms with Crippen molar-refractivity contribution >= 4 is 5.97 Å². The van der Waals surface area contributed by atoms with Crippen LogP contribution in [0.5, 0.6) is 0 Å². The lowest BCUT2D eigenvalue weighted by molar-refractivity contribution is -0.753. The summed E-state index contributed by atoms with van der Waals surface area (Å²) in [5.41, 5.74) is -0.592. The molecule has 110 valence electrons. The molecule has 6 nitrogen and oxygen atoms in total. The van der Waals surface area contributed by atoms with E-state index in [1.807, 2.05) is 0 Å². The quantitative estimate of drug-likeness (QED) is 0.741. The van der Waals surface area contributed by atoms with Gasteiger partial charge in [0.1, 0.15) is 18.2 Å². The van der Waals surface area contributed by atoms with Gasteiger partial charge in [0.2, 0.25) is 0 Å². The Labute approximate surface area is 116 Å². The summed E-state index contributed by atoms with van der Waals surface area (Å²) in [6.07, 6.45) is -1.17. The zero-order valence-corrected chi connectivity index (χ0v) is 10.5. The molecular formula is C12H9F3N4O2. The molecule has 0 fully saturated rings. The summed E-state index contributed by atoms with van der Waals surface area (Å²) in [6.45, 7) is 0.111. The second-order valence-electron chi connectivity index (χ2n) is 4.09. The molecule has 0 N–H and O–H groups in total. The first-order valence-corrected chi connectivity index (χ1v) is 5.81. The van der Waals surface area contributed by atoms with E-state index in [1.54, 1.807) is 0 Å². The van der Waals surface area contributed by atoms with E-state index >= 15 is 0 Å². The van der Waals surface area contributed by atoms with Crippen molar-refractivity contribution in [3.8, 4) is 11.3 Å². The number of carbonyl (C=O) groups is 1. The van der Waals surface area contributed by atoms with Crippen molar-refractivity contribution < 1.29 is 27.8 Å². The molecule has 2 aromatic heterocycles. The highest BCUT2D eigenvalue weighted by molar-refractivity contribution is 5.63. The molecular weight excluding hydrogens is 289 g/mol. The molecule has 0 saturated heterocycles. The third-order valence-electron chi connectivity index (χ3n) is 2.57. The number of hydrogen-bond acceptors (Lipinski definition) is 5. The Kier molecular flexibility index (Phi) is 4.10. The molecule has 2 heterocycles. The van der Waals surface area contributed by atoms with E-state index < -0.39 is 17.8 Å². The van der Waals surface area contributed by atoms with Crippen LogP contribution < -0.4 is 9.79 Å². The Bertz CT molecular complexity index is 644. The Morgan fingerprint density at radius 3 is 2.67 bits per heavy atom. The van der Waals surface area contributed by atoms with Crippen molar-refractivity contribution in [3.05, 3.63) is 36.5 Å². The first-order valence-electron chi connectivity index (χ1n) is 5.81. The topological polar surface area (TPSA) is 82.7 Å². The number of nitrogens with zero attached hydrogens (tertiary/aromatic N) is 4. The highest BCUT2D eigenvalue weighted by atomic mass is 19.4. The molecule has 0 atom stereocenters. The van der Waals surface area contributed by atoms with Gasteiger partial charge in [-0.1, -0.05) is 4.68 Å². The van der Waals surface area contributed by atoms with Crippen LogP contribution in [0.2, 0.25) is 0 Å². The summed E-state index contributed by atoms with van der Waals surface area (Å²) in [6, 6.07) is 2.31. The fraction of sp³-hybridized carbons (Fsp3) is 0.250. The third-order valence-corrected chi connectivity index (χ3v) is 2.57. The van der Waals surface area contributed by atoms with Crippen LogP contribution in [0.3, 0.4) is 0 Å². The number of hydrogen-bond donors (Lipinski definition) is 0. The molecule has 2 aromatic rings. The van der Waals surface area contributed by atoms with E-state index in [9.17, 15) is 23.1 Å². The van der Waals surface area contributed by atoms with Gasteiger partial charge in [-0.2, -0.15) is 13.2 Å². The summed E-state index contributed by atoms with van der Waals surface area (Å²) in [5, 5.41) is 14.2. The van der Waals surface area contributed by atoms with E-state index in [2.05, 4.69) is 15.1 Å². The van der Waals surface area contributed by atoms with Crippen LogP contribution in [0.25, 0.3) is 11.3 Å². The summed E-state index contributed by atoms with van der Waals surface area (Å²) in [5.74, 6) is -1.21. The predicted octanol–water partition coefficient (Wildman–Crippen LogP) is -0.0151. The van der Waals surface area contributed by atoms with Gasteiger partial charge in [-0.3, -0.25) is 0 Å². The van der Waals surface area contributed by atoms with Gasteiger partial charge in [-0.25, -0.2) is 9.97 Å². The fourth-order valence-electron chi connectivity index (χ4n) is 1.54. The number of carboxylic acid groups (broad SMARTS) is 1. The summed E-state index contributed by atoms with van der Waals surface area (Å²) in [7, 11) is 0. The molecule has 0 saturated carbocycles. The van der Waals surface area contributed by atoms with Gasteiger partial charge < -0.3 is 9.90 Å². The Balaban J connectivity index is 2.21. The van der Waals surface area contributed by atoms with Crippen molar-refractivity contribution in [2.75, 3.05) is 0 Å². The molecule has 0 unspecified atom stereocenters. The minimum absolute atomic E-state index is 0.0804. The highest BCUT2D eigenvalue weighted by Crippen LogP contribution is 2.29. The maximum absolute atomic E-state index is 12.6. The number of carbonyl (C=O) groups excluding carboxylic acids is 1. The monoisotopic (exact) mass is 298 g/mol. The second kappa shape index (κ2) is 5.81. The van der Waals surface area contributed by atoms with Gasteiger partial charge >= 0.3 is 6.18 Å². The van der Waals surface area contributed by atoms with Gasteiger partial charge in [0.25, 0.3) is 0 Å². The number of aromatic nitrogens is 4. The second-order valence-corrected chi connectivity index (χ2v) is 4.09. The lowest BCUT2D eigenvalue weighted by atomic mass is 10.2.